The number of benzene rings is 1. The lowest BCUT2D eigenvalue weighted by Crippen LogP contribution is -2.35. The molecule has 1 amide bonds. The summed E-state index contributed by atoms with van der Waals surface area (Å²) in [6.07, 6.45) is 3.52. The van der Waals surface area contributed by atoms with E-state index in [1.807, 2.05) is 13.0 Å². The van der Waals surface area contributed by atoms with Crippen LogP contribution in [0.25, 0.3) is 11.8 Å². The van der Waals surface area contributed by atoms with Gasteiger partial charge in [0, 0.05) is 23.5 Å². The monoisotopic (exact) mass is 433 g/mol. The van der Waals surface area contributed by atoms with Gasteiger partial charge in [0.1, 0.15) is 5.04 Å². The number of hydrazone groups is 1. The van der Waals surface area contributed by atoms with Gasteiger partial charge in [0.05, 0.1) is 5.57 Å². The van der Waals surface area contributed by atoms with Crippen molar-refractivity contribution in [2.75, 3.05) is 0 Å². The summed E-state index contributed by atoms with van der Waals surface area (Å²) >= 11 is 1.38. The third-order valence-electron chi connectivity index (χ3n) is 5.46. The molecule has 31 heavy (non-hydrogen) atoms. The van der Waals surface area contributed by atoms with E-state index in [0.717, 1.165) is 40.5 Å². The molecule has 4 rings (SSSR count). The number of rotatable bonds is 5. The van der Waals surface area contributed by atoms with Crippen LogP contribution in [-0.4, -0.2) is 31.5 Å². The molecule has 160 valence electrons. The quantitative estimate of drug-likeness (QED) is 0.648. The van der Waals surface area contributed by atoms with Crippen LogP contribution in [0.1, 0.15) is 49.7 Å². The summed E-state index contributed by atoms with van der Waals surface area (Å²) in [5.41, 5.74) is 5.70. The number of carbonyl (C=O) groups is 1. The van der Waals surface area contributed by atoms with E-state index in [1.54, 1.807) is 6.08 Å². The topological polar surface area (TPSA) is 73.8 Å². The van der Waals surface area contributed by atoms with Crippen molar-refractivity contribution in [2.45, 2.75) is 47.5 Å². The third kappa shape index (κ3) is 3.90. The maximum absolute atomic E-state index is 12.8. The maximum Gasteiger partial charge on any atom is 0.283 e. The summed E-state index contributed by atoms with van der Waals surface area (Å²) in [5.74, 6) is 0.146. The second kappa shape index (κ2) is 8.30. The zero-order chi connectivity index (χ0) is 22.3. The second-order valence-corrected chi connectivity index (χ2v) is 9.30. The summed E-state index contributed by atoms with van der Waals surface area (Å²) in [6.45, 7) is 10.5. The zero-order valence-electron chi connectivity index (χ0n) is 18.6. The molecule has 0 bridgehead atoms. The molecule has 0 fully saturated rings. The van der Waals surface area contributed by atoms with Gasteiger partial charge in [-0.05, 0) is 67.3 Å². The SMILES string of the molecule is CCc1ccccc1-n1c(C)cc(/C=C2\C(=N)N3N=C(CC(C)C)SC3=NC2=O)c1C. The van der Waals surface area contributed by atoms with Crippen LogP contribution in [0.15, 0.2) is 46.0 Å². The Bertz CT molecular complexity index is 1170. The fourth-order valence-electron chi connectivity index (χ4n) is 3.95. The van der Waals surface area contributed by atoms with Gasteiger partial charge < -0.3 is 4.57 Å². The van der Waals surface area contributed by atoms with Crippen molar-refractivity contribution in [1.29, 1.82) is 5.41 Å². The number of aromatic nitrogens is 1. The predicted octanol–water partition coefficient (Wildman–Crippen LogP) is 5.32. The van der Waals surface area contributed by atoms with Crippen molar-refractivity contribution in [3.8, 4) is 5.69 Å². The number of carbonyl (C=O) groups excluding carboxylic acids is 1. The van der Waals surface area contributed by atoms with Crippen LogP contribution in [0.2, 0.25) is 0 Å². The lowest BCUT2D eigenvalue weighted by molar-refractivity contribution is -0.114. The average Bonchev–Trinajstić information content (AvgIpc) is 3.24. The standard InChI is InChI=1S/C24H27N5OS/c1-6-17-9-7-8-10-20(17)28-15(4)12-18(16(28)5)13-19-22(25)29-24(26-23(19)30)31-21(27-29)11-14(2)3/h7-10,12-14,25H,6,11H2,1-5H3/b19-13+,25-22?. The van der Waals surface area contributed by atoms with E-state index in [-0.39, 0.29) is 17.3 Å². The van der Waals surface area contributed by atoms with E-state index >= 15 is 0 Å². The summed E-state index contributed by atoms with van der Waals surface area (Å²) in [4.78, 5) is 17.0. The number of thioether (sulfide) groups is 1. The first kappa shape index (κ1) is 21.3. The van der Waals surface area contributed by atoms with Gasteiger partial charge in [-0.25, -0.2) is 0 Å². The first-order chi connectivity index (χ1) is 14.8. The summed E-state index contributed by atoms with van der Waals surface area (Å²) in [5, 5.41) is 16.0. The van der Waals surface area contributed by atoms with Crippen LogP contribution in [0.3, 0.4) is 0 Å². The summed E-state index contributed by atoms with van der Waals surface area (Å²) in [7, 11) is 0. The highest BCUT2D eigenvalue weighted by Gasteiger charge is 2.35. The highest BCUT2D eigenvalue weighted by molar-refractivity contribution is 8.26. The molecule has 0 spiro atoms. The molecule has 1 N–H and O–H groups in total. The van der Waals surface area contributed by atoms with Gasteiger partial charge in [0.25, 0.3) is 5.91 Å². The molecule has 1 aromatic carbocycles. The Morgan fingerprint density at radius 3 is 2.68 bits per heavy atom. The minimum Gasteiger partial charge on any atom is -0.318 e. The zero-order valence-corrected chi connectivity index (χ0v) is 19.4. The number of para-hydroxylation sites is 1. The van der Waals surface area contributed by atoms with Gasteiger partial charge >= 0.3 is 0 Å². The molecule has 1 aromatic heterocycles. The highest BCUT2D eigenvalue weighted by Crippen LogP contribution is 2.31. The van der Waals surface area contributed by atoms with Crippen molar-refractivity contribution < 1.29 is 4.79 Å². The molecule has 0 radical (unpaired) electrons. The molecular weight excluding hydrogens is 406 g/mol. The van der Waals surface area contributed by atoms with E-state index < -0.39 is 0 Å². The predicted molar refractivity (Wildman–Crippen MR) is 129 cm³/mol. The summed E-state index contributed by atoms with van der Waals surface area (Å²) < 4.78 is 2.21. The molecule has 0 saturated carbocycles. The largest absolute Gasteiger partial charge is 0.318 e. The minimum absolute atomic E-state index is 0.0833. The lowest BCUT2D eigenvalue weighted by Gasteiger charge is -2.20. The maximum atomic E-state index is 12.8. The number of amides is 1. The molecule has 7 heteroatoms. The first-order valence-electron chi connectivity index (χ1n) is 10.6. The average molecular weight is 434 g/mol. The molecule has 0 saturated heterocycles. The van der Waals surface area contributed by atoms with Crippen molar-refractivity contribution in [2.24, 2.45) is 16.0 Å². The number of aryl methyl sites for hydroxylation is 2. The third-order valence-corrected chi connectivity index (χ3v) is 6.39. The van der Waals surface area contributed by atoms with Gasteiger partial charge in [-0.1, -0.05) is 39.0 Å². The number of amidine groups is 2. The number of nitrogens with one attached hydrogen (secondary N) is 1. The molecule has 2 aromatic rings. The molecule has 2 aliphatic heterocycles. The minimum atomic E-state index is -0.386. The van der Waals surface area contributed by atoms with Gasteiger partial charge in [0.2, 0.25) is 5.17 Å². The molecule has 0 aliphatic carbocycles. The molecule has 3 heterocycles. The Balaban J connectivity index is 1.73. The Morgan fingerprint density at radius 1 is 1.23 bits per heavy atom. The van der Waals surface area contributed by atoms with E-state index in [0.29, 0.717) is 11.1 Å². The number of hydrogen-bond donors (Lipinski definition) is 1. The van der Waals surface area contributed by atoms with Crippen LogP contribution >= 0.6 is 11.8 Å². The van der Waals surface area contributed by atoms with Crippen molar-refractivity contribution >= 4 is 39.8 Å². The van der Waals surface area contributed by atoms with Gasteiger partial charge in [-0.3, -0.25) is 10.2 Å². The van der Waals surface area contributed by atoms with Crippen molar-refractivity contribution in [3.63, 3.8) is 0 Å². The van der Waals surface area contributed by atoms with Crippen LogP contribution in [-0.2, 0) is 11.2 Å². The van der Waals surface area contributed by atoms with E-state index in [9.17, 15) is 4.79 Å². The Labute approximate surface area is 187 Å². The fraction of sp³-hybridized carbons (Fsp3) is 0.333. The van der Waals surface area contributed by atoms with E-state index in [4.69, 9.17) is 5.41 Å². The number of hydrogen-bond acceptors (Lipinski definition) is 4. The lowest BCUT2D eigenvalue weighted by atomic mass is 10.1. The molecule has 6 nitrogen and oxygen atoms in total. The second-order valence-electron chi connectivity index (χ2n) is 8.26. The van der Waals surface area contributed by atoms with Crippen molar-refractivity contribution in [3.05, 3.63) is 58.4 Å². The Morgan fingerprint density at radius 2 is 1.97 bits per heavy atom. The normalized spacial score (nSPS) is 17.5. The summed E-state index contributed by atoms with van der Waals surface area (Å²) in [6, 6.07) is 10.4. The van der Waals surface area contributed by atoms with Crippen LogP contribution < -0.4 is 0 Å². The number of nitrogens with zero attached hydrogens (tertiary/aromatic N) is 4. The highest BCUT2D eigenvalue weighted by atomic mass is 32.2. The molecular formula is C24H27N5OS. The fourth-order valence-corrected chi connectivity index (χ4v) is 5.05. The first-order valence-corrected chi connectivity index (χ1v) is 11.4. The number of fused-ring (bicyclic) bond motifs is 1. The Kier molecular flexibility index (Phi) is 5.71. The van der Waals surface area contributed by atoms with Crippen LogP contribution in [0.5, 0.6) is 0 Å². The van der Waals surface area contributed by atoms with Crippen molar-refractivity contribution in [1.82, 2.24) is 9.58 Å². The van der Waals surface area contributed by atoms with E-state index in [2.05, 4.69) is 66.6 Å². The molecule has 0 unspecified atom stereocenters. The Hall–Kier alpha value is -2.93. The van der Waals surface area contributed by atoms with Crippen LogP contribution in [0, 0.1) is 25.2 Å². The van der Waals surface area contributed by atoms with Gasteiger partial charge in [-0.2, -0.15) is 15.1 Å². The number of aliphatic imine (C=N–C) groups is 1. The molecule has 0 atom stereocenters. The van der Waals surface area contributed by atoms with Gasteiger partial charge in [0.15, 0.2) is 5.84 Å². The van der Waals surface area contributed by atoms with E-state index in [1.165, 1.54) is 22.3 Å². The smallest absolute Gasteiger partial charge is 0.283 e. The van der Waals surface area contributed by atoms with Crippen LogP contribution in [0.4, 0.5) is 0 Å². The van der Waals surface area contributed by atoms with Gasteiger partial charge in [-0.15, -0.1) is 0 Å². The molecule has 2 aliphatic rings.